The molecule has 1 aliphatic heterocycles. The van der Waals surface area contributed by atoms with Crippen LogP contribution in [0.3, 0.4) is 0 Å². The number of aromatic nitrogens is 1. The van der Waals surface area contributed by atoms with E-state index in [1.165, 1.54) is 6.20 Å². The van der Waals surface area contributed by atoms with Gasteiger partial charge in [0.2, 0.25) is 5.91 Å². The molecule has 19 heavy (non-hydrogen) atoms. The van der Waals surface area contributed by atoms with E-state index >= 15 is 0 Å². The van der Waals surface area contributed by atoms with Crippen LogP contribution in [0, 0.1) is 0 Å². The highest BCUT2D eigenvalue weighted by Gasteiger charge is 2.32. The smallest absolute Gasteiger partial charge is 0.256 e. The normalized spacial score (nSPS) is 19.0. The van der Waals surface area contributed by atoms with Crippen LogP contribution in [-0.2, 0) is 4.79 Å². The van der Waals surface area contributed by atoms with E-state index in [0.29, 0.717) is 31.7 Å². The first-order valence-electron chi connectivity index (χ1n) is 6.43. The summed E-state index contributed by atoms with van der Waals surface area (Å²) in [5.41, 5.74) is 0.513. The summed E-state index contributed by atoms with van der Waals surface area (Å²) >= 11 is 0. The minimum Gasteiger partial charge on any atom is -0.355 e. The maximum Gasteiger partial charge on any atom is 0.256 e. The monoisotopic (exact) mass is 262 g/mol. The number of amides is 2. The van der Waals surface area contributed by atoms with E-state index in [2.05, 4.69) is 15.6 Å². The van der Waals surface area contributed by atoms with Crippen LogP contribution in [0.15, 0.2) is 24.5 Å². The Morgan fingerprint density at radius 3 is 3.11 bits per heavy atom. The van der Waals surface area contributed by atoms with Gasteiger partial charge in [0, 0.05) is 38.6 Å². The molecule has 0 aromatic carbocycles. The quantitative estimate of drug-likeness (QED) is 0.779. The van der Waals surface area contributed by atoms with Crippen LogP contribution in [-0.4, -0.2) is 53.9 Å². The summed E-state index contributed by atoms with van der Waals surface area (Å²) in [4.78, 5) is 29.9. The zero-order valence-electron chi connectivity index (χ0n) is 10.9. The SMILES string of the molecule is CCNC(=O)C1CNCCN1C(=O)c1cccnc1. The molecule has 6 heteroatoms. The van der Waals surface area contributed by atoms with E-state index in [-0.39, 0.29) is 11.8 Å². The molecular formula is C13H18N4O2. The van der Waals surface area contributed by atoms with E-state index in [0.717, 1.165) is 0 Å². The molecule has 0 saturated carbocycles. The molecule has 1 atom stereocenters. The number of pyridine rings is 1. The van der Waals surface area contributed by atoms with Crippen molar-refractivity contribution >= 4 is 11.8 Å². The molecule has 1 aromatic heterocycles. The second-order valence-corrected chi connectivity index (χ2v) is 4.35. The number of carbonyl (C=O) groups excluding carboxylic acids is 2. The average molecular weight is 262 g/mol. The van der Waals surface area contributed by atoms with Gasteiger partial charge in [-0.3, -0.25) is 14.6 Å². The van der Waals surface area contributed by atoms with Crippen molar-refractivity contribution in [2.45, 2.75) is 13.0 Å². The van der Waals surface area contributed by atoms with Crippen molar-refractivity contribution < 1.29 is 9.59 Å². The van der Waals surface area contributed by atoms with Gasteiger partial charge >= 0.3 is 0 Å². The molecule has 1 fully saturated rings. The number of hydrogen-bond acceptors (Lipinski definition) is 4. The van der Waals surface area contributed by atoms with Gasteiger partial charge in [0.05, 0.1) is 5.56 Å². The van der Waals surface area contributed by atoms with E-state index in [9.17, 15) is 9.59 Å². The molecule has 2 heterocycles. The third-order valence-corrected chi connectivity index (χ3v) is 3.07. The number of nitrogens with zero attached hydrogens (tertiary/aromatic N) is 2. The number of nitrogens with one attached hydrogen (secondary N) is 2. The molecule has 0 aliphatic carbocycles. The third kappa shape index (κ3) is 3.08. The first-order chi connectivity index (χ1) is 9.24. The Labute approximate surface area is 112 Å². The highest BCUT2D eigenvalue weighted by molar-refractivity contribution is 5.97. The lowest BCUT2D eigenvalue weighted by Gasteiger charge is -2.35. The zero-order valence-corrected chi connectivity index (χ0v) is 10.9. The fraction of sp³-hybridized carbons (Fsp3) is 0.462. The van der Waals surface area contributed by atoms with Crippen molar-refractivity contribution in [2.75, 3.05) is 26.2 Å². The van der Waals surface area contributed by atoms with E-state index < -0.39 is 6.04 Å². The van der Waals surface area contributed by atoms with Crippen LogP contribution >= 0.6 is 0 Å². The Hall–Kier alpha value is -1.95. The number of hydrogen-bond donors (Lipinski definition) is 2. The fourth-order valence-corrected chi connectivity index (χ4v) is 2.13. The minimum atomic E-state index is -0.457. The summed E-state index contributed by atoms with van der Waals surface area (Å²) in [6.07, 6.45) is 3.15. The fourth-order valence-electron chi connectivity index (χ4n) is 2.13. The van der Waals surface area contributed by atoms with Crippen molar-refractivity contribution in [3.63, 3.8) is 0 Å². The van der Waals surface area contributed by atoms with Gasteiger partial charge in [0.25, 0.3) is 5.91 Å². The van der Waals surface area contributed by atoms with Crippen molar-refractivity contribution in [3.8, 4) is 0 Å². The highest BCUT2D eigenvalue weighted by Crippen LogP contribution is 2.10. The van der Waals surface area contributed by atoms with Crippen molar-refractivity contribution in [3.05, 3.63) is 30.1 Å². The Bertz CT molecular complexity index is 449. The Kier molecular flexibility index (Phi) is 4.46. The lowest BCUT2D eigenvalue weighted by atomic mass is 10.1. The molecule has 0 radical (unpaired) electrons. The van der Waals surface area contributed by atoms with Crippen LogP contribution in [0.2, 0.25) is 0 Å². The van der Waals surface area contributed by atoms with Gasteiger partial charge in [-0.15, -0.1) is 0 Å². The summed E-state index contributed by atoms with van der Waals surface area (Å²) in [7, 11) is 0. The van der Waals surface area contributed by atoms with Crippen LogP contribution in [0.4, 0.5) is 0 Å². The third-order valence-electron chi connectivity index (χ3n) is 3.07. The molecule has 102 valence electrons. The number of likely N-dealkylation sites (N-methyl/N-ethyl adjacent to an activating group) is 1. The van der Waals surface area contributed by atoms with Crippen molar-refractivity contribution in [1.82, 2.24) is 20.5 Å². The maximum absolute atomic E-state index is 12.4. The minimum absolute atomic E-state index is 0.119. The second-order valence-electron chi connectivity index (χ2n) is 4.35. The summed E-state index contributed by atoms with van der Waals surface area (Å²) in [5.74, 6) is -0.266. The lowest BCUT2D eigenvalue weighted by molar-refractivity contribution is -0.126. The molecule has 1 unspecified atom stereocenters. The van der Waals surface area contributed by atoms with Gasteiger partial charge in [-0.1, -0.05) is 0 Å². The number of piperazine rings is 1. The number of rotatable bonds is 3. The van der Waals surface area contributed by atoms with Gasteiger partial charge in [-0.05, 0) is 19.1 Å². The van der Waals surface area contributed by atoms with Crippen LogP contribution in [0.5, 0.6) is 0 Å². The average Bonchev–Trinajstić information content (AvgIpc) is 2.47. The topological polar surface area (TPSA) is 74.3 Å². The van der Waals surface area contributed by atoms with Crippen LogP contribution in [0.1, 0.15) is 17.3 Å². The maximum atomic E-state index is 12.4. The molecule has 0 bridgehead atoms. The Morgan fingerprint density at radius 2 is 2.42 bits per heavy atom. The second kappa shape index (κ2) is 6.29. The predicted molar refractivity (Wildman–Crippen MR) is 70.6 cm³/mol. The molecule has 6 nitrogen and oxygen atoms in total. The molecular weight excluding hydrogens is 244 g/mol. The highest BCUT2D eigenvalue weighted by atomic mass is 16.2. The molecule has 2 N–H and O–H groups in total. The van der Waals surface area contributed by atoms with Gasteiger partial charge in [0.1, 0.15) is 6.04 Å². The molecule has 1 aromatic rings. The number of carbonyl (C=O) groups is 2. The summed E-state index contributed by atoms with van der Waals surface area (Å²) < 4.78 is 0. The van der Waals surface area contributed by atoms with Gasteiger partial charge in [0.15, 0.2) is 0 Å². The van der Waals surface area contributed by atoms with E-state index in [1.807, 2.05) is 6.92 Å². The van der Waals surface area contributed by atoms with E-state index in [1.54, 1.807) is 23.2 Å². The van der Waals surface area contributed by atoms with Crippen molar-refractivity contribution in [2.24, 2.45) is 0 Å². The van der Waals surface area contributed by atoms with Gasteiger partial charge < -0.3 is 15.5 Å². The summed E-state index contributed by atoms with van der Waals surface area (Å²) in [6, 6.07) is 2.98. The molecule has 1 aliphatic rings. The van der Waals surface area contributed by atoms with Crippen LogP contribution in [0.25, 0.3) is 0 Å². The lowest BCUT2D eigenvalue weighted by Crippen LogP contribution is -2.59. The standard InChI is InChI=1S/C13H18N4O2/c1-2-16-12(18)11-9-15-6-7-17(11)13(19)10-4-3-5-14-8-10/h3-5,8,11,15H,2,6-7,9H2,1H3,(H,16,18). The summed E-state index contributed by atoms with van der Waals surface area (Å²) in [6.45, 7) is 4.13. The van der Waals surface area contributed by atoms with Gasteiger partial charge in [-0.2, -0.15) is 0 Å². The first-order valence-corrected chi connectivity index (χ1v) is 6.43. The zero-order chi connectivity index (χ0) is 13.7. The van der Waals surface area contributed by atoms with Crippen LogP contribution < -0.4 is 10.6 Å². The Balaban J connectivity index is 2.15. The molecule has 1 saturated heterocycles. The first kappa shape index (κ1) is 13.5. The van der Waals surface area contributed by atoms with E-state index in [4.69, 9.17) is 0 Å². The van der Waals surface area contributed by atoms with Crippen molar-refractivity contribution in [1.29, 1.82) is 0 Å². The summed E-state index contributed by atoms with van der Waals surface area (Å²) in [5, 5.41) is 5.90. The molecule has 2 rings (SSSR count). The predicted octanol–water partition coefficient (Wildman–Crippen LogP) is -0.368. The largest absolute Gasteiger partial charge is 0.355 e. The molecule has 2 amide bonds. The Morgan fingerprint density at radius 1 is 1.58 bits per heavy atom. The molecule has 0 spiro atoms. The van der Waals surface area contributed by atoms with Gasteiger partial charge in [-0.25, -0.2) is 0 Å².